The third-order valence-electron chi connectivity index (χ3n) is 4.27. The topological polar surface area (TPSA) is 17.1 Å². The second-order valence-electron chi connectivity index (χ2n) is 6.44. The molecule has 0 spiro atoms. The zero-order chi connectivity index (χ0) is 14.8. The molecule has 3 atom stereocenters. The van der Waals surface area contributed by atoms with Gasteiger partial charge in [-0.1, -0.05) is 66.7 Å². The third kappa shape index (κ3) is 7.97. The minimum Gasteiger partial charge on any atom is -0.281 e. The molecule has 1 fully saturated rings. The van der Waals surface area contributed by atoms with Crippen molar-refractivity contribution < 1.29 is 4.79 Å². The Morgan fingerprint density at radius 1 is 1.16 bits per heavy atom. The maximum atomic E-state index is 11.2. The number of hydrogen-bond acceptors (Lipinski definition) is 1. The summed E-state index contributed by atoms with van der Waals surface area (Å²) in [5.74, 6) is 1.88. The molecule has 114 valence electrons. The molecular weight excluding hydrogens is 256 g/mol. The Kier molecular flexibility index (Phi) is 10.7. The van der Waals surface area contributed by atoms with E-state index >= 15 is 0 Å². The molecule has 1 saturated carbocycles. The van der Waals surface area contributed by atoms with Gasteiger partial charge in [0.05, 0.1) is 0 Å². The standard InChI is InChI=1S/C11H19ClO.C6H14/c1-7(2)9-5-4-8(3)6-10(9)11(12)13;1-3-5-6-4-2/h7-10H,4-6H2,1-3H3;3-6H2,1-2H3. The Bertz CT molecular complexity index is 233. The van der Waals surface area contributed by atoms with Gasteiger partial charge in [-0.25, -0.2) is 0 Å². The van der Waals surface area contributed by atoms with Crippen LogP contribution in [-0.2, 0) is 4.79 Å². The lowest BCUT2D eigenvalue weighted by molar-refractivity contribution is -0.119. The Morgan fingerprint density at radius 2 is 1.68 bits per heavy atom. The molecule has 1 aliphatic rings. The largest absolute Gasteiger partial charge is 0.281 e. The van der Waals surface area contributed by atoms with Gasteiger partial charge < -0.3 is 0 Å². The summed E-state index contributed by atoms with van der Waals surface area (Å²) in [6.07, 6.45) is 8.95. The monoisotopic (exact) mass is 288 g/mol. The molecule has 0 amide bonds. The van der Waals surface area contributed by atoms with Crippen molar-refractivity contribution in [2.24, 2.45) is 23.7 Å². The van der Waals surface area contributed by atoms with Gasteiger partial charge in [0.15, 0.2) is 0 Å². The van der Waals surface area contributed by atoms with Crippen molar-refractivity contribution in [3.8, 4) is 0 Å². The Labute approximate surface area is 125 Å². The lowest BCUT2D eigenvalue weighted by Gasteiger charge is -2.35. The highest BCUT2D eigenvalue weighted by molar-refractivity contribution is 6.64. The van der Waals surface area contributed by atoms with Crippen LogP contribution in [0.1, 0.15) is 79.6 Å². The molecule has 3 unspecified atom stereocenters. The normalized spacial score (nSPS) is 26.8. The molecule has 0 heterocycles. The Morgan fingerprint density at radius 3 is 2.05 bits per heavy atom. The summed E-state index contributed by atoms with van der Waals surface area (Å²) in [7, 11) is 0. The van der Waals surface area contributed by atoms with Crippen LogP contribution in [0.15, 0.2) is 0 Å². The highest BCUT2D eigenvalue weighted by Crippen LogP contribution is 2.38. The zero-order valence-corrected chi connectivity index (χ0v) is 14.3. The van der Waals surface area contributed by atoms with E-state index in [-0.39, 0.29) is 11.2 Å². The SMILES string of the molecule is CC1CCC(C(C)C)C(C(=O)Cl)C1.CCCCCC. The fourth-order valence-electron chi connectivity index (χ4n) is 2.96. The van der Waals surface area contributed by atoms with Gasteiger partial charge in [0.25, 0.3) is 0 Å². The van der Waals surface area contributed by atoms with Crippen LogP contribution in [0.5, 0.6) is 0 Å². The molecule has 1 rings (SSSR count). The van der Waals surface area contributed by atoms with Crippen LogP contribution in [0.2, 0.25) is 0 Å². The van der Waals surface area contributed by atoms with Crippen LogP contribution >= 0.6 is 11.6 Å². The second-order valence-corrected chi connectivity index (χ2v) is 6.82. The van der Waals surface area contributed by atoms with Crippen LogP contribution in [0.25, 0.3) is 0 Å². The van der Waals surface area contributed by atoms with E-state index < -0.39 is 0 Å². The summed E-state index contributed by atoms with van der Waals surface area (Å²) in [4.78, 5) is 11.2. The average molecular weight is 289 g/mol. The summed E-state index contributed by atoms with van der Waals surface area (Å²) in [6.45, 7) is 11.1. The van der Waals surface area contributed by atoms with Gasteiger partial charge in [-0.2, -0.15) is 0 Å². The lowest BCUT2D eigenvalue weighted by Crippen LogP contribution is -2.31. The molecule has 0 aromatic rings. The summed E-state index contributed by atoms with van der Waals surface area (Å²) in [6, 6.07) is 0. The fourth-order valence-corrected chi connectivity index (χ4v) is 3.21. The van der Waals surface area contributed by atoms with E-state index in [0.717, 1.165) is 6.42 Å². The molecule has 1 nitrogen and oxygen atoms in total. The Hall–Kier alpha value is -0.0400. The van der Waals surface area contributed by atoms with Crippen LogP contribution in [-0.4, -0.2) is 5.24 Å². The van der Waals surface area contributed by atoms with Crippen molar-refractivity contribution in [2.45, 2.75) is 79.6 Å². The predicted molar refractivity (Wildman–Crippen MR) is 85.5 cm³/mol. The average Bonchev–Trinajstić information content (AvgIpc) is 2.36. The first-order valence-corrected chi connectivity index (χ1v) is 8.51. The number of hydrogen-bond donors (Lipinski definition) is 0. The summed E-state index contributed by atoms with van der Waals surface area (Å²) in [5, 5.41) is -0.120. The van der Waals surface area contributed by atoms with Crippen LogP contribution in [0.3, 0.4) is 0 Å². The molecule has 2 heteroatoms. The zero-order valence-electron chi connectivity index (χ0n) is 13.5. The van der Waals surface area contributed by atoms with Gasteiger partial charge in [0.2, 0.25) is 5.24 Å². The van der Waals surface area contributed by atoms with E-state index in [2.05, 4.69) is 34.6 Å². The molecule has 19 heavy (non-hydrogen) atoms. The quantitative estimate of drug-likeness (QED) is 0.445. The maximum absolute atomic E-state index is 11.2. The van der Waals surface area contributed by atoms with Crippen molar-refractivity contribution in [2.75, 3.05) is 0 Å². The molecule has 0 radical (unpaired) electrons. The number of halogens is 1. The molecule has 0 aromatic carbocycles. The van der Waals surface area contributed by atoms with Gasteiger partial charge in [-0.05, 0) is 42.2 Å². The van der Waals surface area contributed by atoms with Gasteiger partial charge in [0, 0.05) is 5.92 Å². The van der Waals surface area contributed by atoms with Gasteiger partial charge in [-0.15, -0.1) is 0 Å². The van der Waals surface area contributed by atoms with Crippen LogP contribution in [0, 0.1) is 23.7 Å². The molecule has 1 aliphatic carbocycles. The van der Waals surface area contributed by atoms with Gasteiger partial charge in [-0.3, -0.25) is 4.79 Å². The molecule has 0 aliphatic heterocycles. The number of carbonyl (C=O) groups excluding carboxylic acids is 1. The smallest absolute Gasteiger partial charge is 0.225 e. The molecule has 0 bridgehead atoms. The van der Waals surface area contributed by atoms with Crippen LogP contribution < -0.4 is 0 Å². The first-order valence-electron chi connectivity index (χ1n) is 8.13. The fraction of sp³-hybridized carbons (Fsp3) is 0.941. The second kappa shape index (κ2) is 10.7. The highest BCUT2D eigenvalue weighted by Gasteiger charge is 2.34. The van der Waals surface area contributed by atoms with Crippen molar-refractivity contribution in [1.82, 2.24) is 0 Å². The van der Waals surface area contributed by atoms with E-state index in [1.807, 2.05) is 0 Å². The summed E-state index contributed by atoms with van der Waals surface area (Å²) < 4.78 is 0. The van der Waals surface area contributed by atoms with Crippen molar-refractivity contribution in [3.05, 3.63) is 0 Å². The van der Waals surface area contributed by atoms with Crippen molar-refractivity contribution >= 4 is 16.8 Å². The lowest BCUT2D eigenvalue weighted by atomic mass is 9.71. The number of rotatable bonds is 5. The van der Waals surface area contributed by atoms with E-state index in [4.69, 9.17) is 11.6 Å². The Balaban J connectivity index is 0.000000459. The van der Waals surface area contributed by atoms with Gasteiger partial charge >= 0.3 is 0 Å². The first kappa shape index (κ1) is 19.0. The van der Waals surface area contributed by atoms with E-state index in [9.17, 15) is 4.79 Å². The molecule has 0 saturated heterocycles. The number of carbonyl (C=O) groups is 1. The van der Waals surface area contributed by atoms with Crippen LogP contribution in [0.4, 0.5) is 0 Å². The first-order chi connectivity index (χ1) is 8.93. The van der Waals surface area contributed by atoms with Crippen molar-refractivity contribution in [3.63, 3.8) is 0 Å². The minimum atomic E-state index is -0.120. The molecule has 0 N–H and O–H groups in total. The summed E-state index contributed by atoms with van der Waals surface area (Å²) >= 11 is 5.62. The van der Waals surface area contributed by atoms with E-state index in [0.29, 0.717) is 17.8 Å². The van der Waals surface area contributed by atoms with Crippen molar-refractivity contribution in [1.29, 1.82) is 0 Å². The predicted octanol–water partition coefficient (Wildman–Crippen LogP) is 6.05. The summed E-state index contributed by atoms with van der Waals surface area (Å²) in [5.41, 5.74) is 0. The van der Waals surface area contributed by atoms with E-state index in [1.165, 1.54) is 38.5 Å². The molecule has 0 aromatic heterocycles. The number of unbranched alkanes of at least 4 members (excludes halogenated alkanes) is 3. The minimum absolute atomic E-state index is 0.116. The maximum Gasteiger partial charge on any atom is 0.225 e. The highest BCUT2D eigenvalue weighted by atomic mass is 35.5. The van der Waals surface area contributed by atoms with Gasteiger partial charge in [0.1, 0.15) is 0 Å². The van der Waals surface area contributed by atoms with E-state index in [1.54, 1.807) is 0 Å². The molecular formula is C17H33ClO. The third-order valence-corrected chi connectivity index (χ3v) is 4.55.